The number of nitrogens with zero attached hydrogens (tertiary/aromatic N) is 2. The molecule has 0 bridgehead atoms. The highest BCUT2D eigenvalue weighted by atomic mass is 79.9. The Morgan fingerprint density at radius 3 is 2.61 bits per heavy atom. The maximum absolute atomic E-state index is 8.50. The van der Waals surface area contributed by atoms with Crippen molar-refractivity contribution in [3.8, 4) is 0 Å². The van der Waals surface area contributed by atoms with Crippen LogP contribution in [0.15, 0.2) is 35.1 Å². The summed E-state index contributed by atoms with van der Waals surface area (Å²) in [7, 11) is 0. The number of halogens is 1. The Hall–Kier alpha value is -1.99. The quantitative estimate of drug-likeness (QED) is 0.713. The Labute approximate surface area is 143 Å². The molecule has 4 N–H and O–H groups in total. The first-order valence-electron chi connectivity index (χ1n) is 7.45. The van der Waals surface area contributed by atoms with Crippen molar-refractivity contribution in [1.29, 1.82) is 5.41 Å². The molecule has 1 fully saturated rings. The third-order valence-corrected chi connectivity index (χ3v) is 4.35. The molecule has 0 spiro atoms. The summed E-state index contributed by atoms with van der Waals surface area (Å²) in [6, 6.07) is 7.81. The molecule has 1 saturated heterocycles. The number of hydrogen-bond donors (Lipinski definition) is 3. The number of hydrogen-bond acceptors (Lipinski definition) is 6. The molecule has 23 heavy (non-hydrogen) atoms. The Balaban J connectivity index is 1.90. The van der Waals surface area contributed by atoms with Gasteiger partial charge in [-0.1, -0.05) is 28.1 Å². The lowest BCUT2D eigenvalue weighted by Gasteiger charge is -2.25. The van der Waals surface area contributed by atoms with Crippen LogP contribution in [0.5, 0.6) is 0 Å². The minimum absolute atomic E-state index is 0.273. The maximum Gasteiger partial charge on any atom is 0.141 e. The van der Waals surface area contributed by atoms with Gasteiger partial charge in [-0.15, -0.1) is 0 Å². The van der Waals surface area contributed by atoms with Crippen molar-refractivity contribution in [3.63, 3.8) is 0 Å². The second kappa shape index (κ2) is 7.06. The maximum atomic E-state index is 8.50. The molecule has 3 rings (SSSR count). The van der Waals surface area contributed by atoms with E-state index < -0.39 is 0 Å². The van der Waals surface area contributed by atoms with Gasteiger partial charge in [0.1, 0.15) is 18.0 Å². The zero-order valence-corrected chi connectivity index (χ0v) is 14.1. The summed E-state index contributed by atoms with van der Waals surface area (Å²) in [5.41, 5.74) is 7.65. The highest BCUT2D eigenvalue weighted by Gasteiger charge is 2.20. The SMILES string of the molecule is N=C(c1ccc(Br)cc1)c1c(N)ncnc1NC1CCOCC1. The van der Waals surface area contributed by atoms with E-state index in [0.717, 1.165) is 36.1 Å². The molecule has 0 amide bonds. The molecular formula is C16H18BrN5O. The van der Waals surface area contributed by atoms with E-state index >= 15 is 0 Å². The fourth-order valence-corrected chi connectivity index (χ4v) is 2.82. The van der Waals surface area contributed by atoms with Crippen LogP contribution in [-0.4, -0.2) is 34.9 Å². The standard InChI is InChI=1S/C16H18BrN5O/c17-11-3-1-10(2-4-11)14(18)13-15(19)20-9-21-16(13)22-12-5-7-23-8-6-12/h1-4,9,12,18H,5-8H2,(H3,19,20,21,22). The summed E-state index contributed by atoms with van der Waals surface area (Å²) in [6.07, 6.45) is 3.25. The summed E-state index contributed by atoms with van der Waals surface area (Å²) < 4.78 is 6.34. The third kappa shape index (κ3) is 3.68. The van der Waals surface area contributed by atoms with E-state index in [1.54, 1.807) is 0 Å². The lowest BCUT2D eigenvalue weighted by molar-refractivity contribution is 0.0904. The van der Waals surface area contributed by atoms with Crippen molar-refractivity contribution in [2.75, 3.05) is 24.3 Å². The monoisotopic (exact) mass is 375 g/mol. The van der Waals surface area contributed by atoms with Gasteiger partial charge in [0.25, 0.3) is 0 Å². The van der Waals surface area contributed by atoms with Crippen molar-refractivity contribution in [2.45, 2.75) is 18.9 Å². The van der Waals surface area contributed by atoms with Gasteiger partial charge in [-0.2, -0.15) is 0 Å². The Bertz CT molecular complexity index is 698. The summed E-state index contributed by atoms with van der Waals surface area (Å²) >= 11 is 3.40. The second-order valence-electron chi connectivity index (χ2n) is 5.40. The third-order valence-electron chi connectivity index (χ3n) is 3.82. The van der Waals surface area contributed by atoms with E-state index in [4.69, 9.17) is 15.9 Å². The van der Waals surface area contributed by atoms with Crippen LogP contribution in [0.3, 0.4) is 0 Å². The van der Waals surface area contributed by atoms with Crippen LogP contribution in [0.2, 0.25) is 0 Å². The normalized spacial score (nSPS) is 15.3. The van der Waals surface area contributed by atoms with E-state index in [1.807, 2.05) is 24.3 Å². The first-order valence-corrected chi connectivity index (χ1v) is 8.24. The minimum atomic E-state index is 0.273. The zero-order chi connectivity index (χ0) is 16.2. The molecule has 2 heterocycles. The Kier molecular flexibility index (Phi) is 4.88. The second-order valence-corrected chi connectivity index (χ2v) is 6.31. The van der Waals surface area contributed by atoms with Crippen LogP contribution in [0, 0.1) is 5.41 Å². The minimum Gasteiger partial charge on any atom is -0.383 e. The number of rotatable bonds is 4. The molecule has 0 atom stereocenters. The molecule has 0 unspecified atom stereocenters. The zero-order valence-electron chi connectivity index (χ0n) is 12.6. The van der Waals surface area contributed by atoms with Crippen molar-refractivity contribution < 1.29 is 4.74 Å². The topological polar surface area (TPSA) is 96.9 Å². The number of benzene rings is 1. The number of aromatic nitrogens is 2. The van der Waals surface area contributed by atoms with Gasteiger partial charge in [0, 0.05) is 29.3 Å². The average molecular weight is 376 g/mol. The van der Waals surface area contributed by atoms with E-state index in [2.05, 4.69) is 31.2 Å². The van der Waals surface area contributed by atoms with Crippen LogP contribution in [0.1, 0.15) is 24.0 Å². The Morgan fingerprint density at radius 2 is 1.91 bits per heavy atom. The molecule has 1 aromatic heterocycles. The fourth-order valence-electron chi connectivity index (χ4n) is 2.55. The molecule has 1 aromatic carbocycles. The lowest BCUT2D eigenvalue weighted by atomic mass is 10.0. The van der Waals surface area contributed by atoms with Gasteiger partial charge in [0.15, 0.2) is 0 Å². The molecule has 0 radical (unpaired) electrons. The molecule has 2 aromatic rings. The summed E-state index contributed by atoms with van der Waals surface area (Å²) in [4.78, 5) is 8.35. The van der Waals surface area contributed by atoms with E-state index in [1.165, 1.54) is 6.33 Å². The average Bonchev–Trinajstić information content (AvgIpc) is 2.56. The first kappa shape index (κ1) is 15.9. The Morgan fingerprint density at radius 1 is 1.22 bits per heavy atom. The van der Waals surface area contributed by atoms with Crippen molar-refractivity contribution in [1.82, 2.24) is 9.97 Å². The van der Waals surface area contributed by atoms with E-state index in [-0.39, 0.29) is 6.04 Å². The van der Waals surface area contributed by atoms with Gasteiger partial charge in [0.2, 0.25) is 0 Å². The number of nitrogens with two attached hydrogens (primary N) is 1. The van der Waals surface area contributed by atoms with Crippen molar-refractivity contribution in [3.05, 3.63) is 46.2 Å². The summed E-state index contributed by atoms with van der Waals surface area (Å²) in [5.74, 6) is 0.916. The highest BCUT2D eigenvalue weighted by molar-refractivity contribution is 9.10. The molecule has 120 valence electrons. The first-order chi connectivity index (χ1) is 11.1. The van der Waals surface area contributed by atoms with Gasteiger partial charge in [-0.05, 0) is 25.0 Å². The van der Waals surface area contributed by atoms with E-state index in [9.17, 15) is 0 Å². The van der Waals surface area contributed by atoms with Gasteiger partial charge < -0.3 is 15.8 Å². The molecule has 1 aliphatic rings. The summed E-state index contributed by atoms with van der Waals surface area (Å²) in [6.45, 7) is 1.47. The predicted molar refractivity (Wildman–Crippen MR) is 94.0 cm³/mol. The number of nitrogen functional groups attached to an aromatic ring is 1. The molecule has 6 nitrogen and oxygen atoms in total. The van der Waals surface area contributed by atoms with Crippen LogP contribution in [0.25, 0.3) is 0 Å². The van der Waals surface area contributed by atoms with Crippen LogP contribution < -0.4 is 11.1 Å². The van der Waals surface area contributed by atoms with Crippen molar-refractivity contribution in [2.24, 2.45) is 0 Å². The molecule has 0 saturated carbocycles. The highest BCUT2D eigenvalue weighted by Crippen LogP contribution is 2.24. The number of anilines is 2. The van der Waals surface area contributed by atoms with Crippen LogP contribution in [0.4, 0.5) is 11.6 Å². The van der Waals surface area contributed by atoms with Gasteiger partial charge in [-0.25, -0.2) is 9.97 Å². The smallest absolute Gasteiger partial charge is 0.141 e. The predicted octanol–water partition coefficient (Wildman–Crippen LogP) is 2.83. The number of ether oxygens (including phenoxy) is 1. The summed E-state index contributed by atoms with van der Waals surface area (Å²) in [5, 5.41) is 11.9. The molecule has 0 aliphatic carbocycles. The molecular weight excluding hydrogens is 358 g/mol. The van der Waals surface area contributed by atoms with Crippen molar-refractivity contribution >= 4 is 33.3 Å². The van der Waals surface area contributed by atoms with Crippen LogP contribution >= 0.6 is 15.9 Å². The fraction of sp³-hybridized carbons (Fsp3) is 0.312. The number of nitrogens with one attached hydrogen (secondary N) is 2. The van der Waals surface area contributed by atoms with E-state index in [0.29, 0.717) is 22.9 Å². The molecule has 1 aliphatic heterocycles. The largest absolute Gasteiger partial charge is 0.383 e. The van der Waals surface area contributed by atoms with Gasteiger partial charge in [-0.3, -0.25) is 5.41 Å². The molecule has 7 heteroatoms. The van der Waals surface area contributed by atoms with Gasteiger partial charge in [0.05, 0.1) is 11.3 Å². The lowest BCUT2D eigenvalue weighted by Crippen LogP contribution is -2.29. The van der Waals surface area contributed by atoms with Gasteiger partial charge >= 0.3 is 0 Å². The van der Waals surface area contributed by atoms with Crippen LogP contribution in [-0.2, 0) is 4.74 Å².